The average molecular weight is 243 g/mol. The normalized spacial score (nSPS) is 17.1. The van der Waals surface area contributed by atoms with E-state index in [9.17, 15) is 0 Å². The highest BCUT2D eigenvalue weighted by Crippen LogP contribution is 2.17. The summed E-state index contributed by atoms with van der Waals surface area (Å²) in [4.78, 5) is 4.16. The van der Waals surface area contributed by atoms with E-state index in [1.165, 1.54) is 16.3 Å². The van der Waals surface area contributed by atoms with Gasteiger partial charge in [-0.05, 0) is 17.0 Å². The van der Waals surface area contributed by atoms with E-state index in [0.717, 1.165) is 32.8 Å². The van der Waals surface area contributed by atoms with Crippen molar-refractivity contribution in [3.8, 4) is 0 Å². The average Bonchev–Trinajstić information content (AvgIpc) is 2.46. The number of hydrogen-bond donors (Lipinski definition) is 1. The zero-order valence-electron chi connectivity index (χ0n) is 10.3. The summed E-state index contributed by atoms with van der Waals surface area (Å²) in [7, 11) is 0. The lowest BCUT2D eigenvalue weighted by Crippen LogP contribution is -2.45. The molecule has 0 atom stereocenters. The Hall–Kier alpha value is -1.49. The van der Waals surface area contributed by atoms with E-state index in [1.807, 2.05) is 12.4 Å². The number of hydrazine groups is 1. The molecule has 4 nitrogen and oxygen atoms in total. The van der Waals surface area contributed by atoms with Crippen molar-refractivity contribution in [2.24, 2.45) is 0 Å². The summed E-state index contributed by atoms with van der Waals surface area (Å²) in [5, 5.41) is 4.69. The molecule has 1 aromatic carbocycles. The third kappa shape index (κ3) is 2.51. The van der Waals surface area contributed by atoms with Gasteiger partial charge in [0.25, 0.3) is 0 Å². The summed E-state index contributed by atoms with van der Waals surface area (Å²) in [6, 6.07) is 8.42. The Morgan fingerprint density at radius 1 is 1.22 bits per heavy atom. The van der Waals surface area contributed by atoms with Crippen molar-refractivity contribution in [1.29, 1.82) is 0 Å². The minimum Gasteiger partial charge on any atom is -0.379 e. The Bertz CT molecular complexity index is 518. The van der Waals surface area contributed by atoms with Crippen LogP contribution in [0.2, 0.25) is 0 Å². The molecule has 0 spiro atoms. The minimum atomic E-state index is 0.812. The molecule has 1 aromatic heterocycles. The van der Waals surface area contributed by atoms with Crippen molar-refractivity contribution >= 4 is 10.8 Å². The van der Waals surface area contributed by atoms with Crippen molar-refractivity contribution < 1.29 is 4.74 Å². The summed E-state index contributed by atoms with van der Waals surface area (Å²) >= 11 is 0. The lowest BCUT2D eigenvalue weighted by atomic mass is 10.1. The van der Waals surface area contributed by atoms with Crippen LogP contribution in [0.15, 0.2) is 36.7 Å². The van der Waals surface area contributed by atoms with Crippen LogP contribution in [0.25, 0.3) is 10.8 Å². The number of pyridine rings is 1. The van der Waals surface area contributed by atoms with Crippen molar-refractivity contribution in [2.75, 3.05) is 26.3 Å². The number of fused-ring (bicyclic) bond motifs is 1. The van der Waals surface area contributed by atoms with Crippen molar-refractivity contribution in [3.63, 3.8) is 0 Å². The van der Waals surface area contributed by atoms with Crippen LogP contribution in [0.5, 0.6) is 0 Å². The molecule has 18 heavy (non-hydrogen) atoms. The van der Waals surface area contributed by atoms with Crippen molar-refractivity contribution in [3.05, 3.63) is 42.2 Å². The predicted octanol–water partition coefficient (Wildman–Crippen LogP) is 1.57. The van der Waals surface area contributed by atoms with Crippen LogP contribution in [0.3, 0.4) is 0 Å². The fourth-order valence-corrected chi connectivity index (χ4v) is 2.26. The molecule has 4 heteroatoms. The van der Waals surface area contributed by atoms with Crippen LogP contribution >= 0.6 is 0 Å². The van der Waals surface area contributed by atoms with Crippen molar-refractivity contribution in [2.45, 2.75) is 6.54 Å². The Balaban J connectivity index is 1.74. The number of morpholine rings is 1. The molecule has 0 amide bonds. The zero-order valence-corrected chi connectivity index (χ0v) is 10.3. The topological polar surface area (TPSA) is 37.4 Å². The van der Waals surface area contributed by atoms with E-state index in [-0.39, 0.29) is 0 Å². The zero-order chi connectivity index (χ0) is 12.2. The molecule has 0 aliphatic carbocycles. The second-order valence-corrected chi connectivity index (χ2v) is 4.45. The van der Waals surface area contributed by atoms with Gasteiger partial charge >= 0.3 is 0 Å². The molecule has 1 aliphatic heterocycles. The Labute approximate surface area is 107 Å². The third-order valence-corrected chi connectivity index (χ3v) is 3.28. The smallest absolute Gasteiger partial charge is 0.0608 e. The van der Waals surface area contributed by atoms with E-state index in [4.69, 9.17) is 4.74 Å². The first kappa shape index (κ1) is 11.6. The van der Waals surface area contributed by atoms with Crippen LogP contribution < -0.4 is 5.43 Å². The van der Waals surface area contributed by atoms with Gasteiger partial charge in [0.05, 0.1) is 13.2 Å². The van der Waals surface area contributed by atoms with Crippen LogP contribution in [-0.4, -0.2) is 36.3 Å². The van der Waals surface area contributed by atoms with Gasteiger partial charge in [0.2, 0.25) is 0 Å². The molecular formula is C14H17N3O. The molecule has 1 N–H and O–H groups in total. The van der Waals surface area contributed by atoms with Gasteiger partial charge in [0, 0.05) is 37.4 Å². The summed E-state index contributed by atoms with van der Waals surface area (Å²) in [5.74, 6) is 0. The summed E-state index contributed by atoms with van der Waals surface area (Å²) in [6.45, 7) is 4.37. The SMILES string of the molecule is c1cc(CNN2CCOCC2)c2ccncc2c1. The van der Waals surface area contributed by atoms with Gasteiger partial charge in [-0.15, -0.1) is 0 Å². The van der Waals surface area contributed by atoms with E-state index in [0.29, 0.717) is 0 Å². The van der Waals surface area contributed by atoms with Gasteiger partial charge in [0.15, 0.2) is 0 Å². The molecule has 2 aromatic rings. The van der Waals surface area contributed by atoms with E-state index in [1.54, 1.807) is 0 Å². The maximum absolute atomic E-state index is 5.33. The second kappa shape index (κ2) is 5.44. The molecule has 1 aliphatic rings. The first-order valence-electron chi connectivity index (χ1n) is 6.31. The van der Waals surface area contributed by atoms with Crippen molar-refractivity contribution in [1.82, 2.24) is 15.4 Å². The highest BCUT2D eigenvalue weighted by atomic mass is 16.5. The van der Waals surface area contributed by atoms with Gasteiger partial charge in [-0.3, -0.25) is 10.4 Å². The lowest BCUT2D eigenvalue weighted by molar-refractivity contribution is 0.0106. The van der Waals surface area contributed by atoms with Gasteiger partial charge in [-0.25, -0.2) is 5.01 Å². The molecule has 0 saturated carbocycles. The van der Waals surface area contributed by atoms with E-state index < -0.39 is 0 Å². The van der Waals surface area contributed by atoms with E-state index in [2.05, 4.69) is 39.7 Å². The van der Waals surface area contributed by atoms with Crippen LogP contribution in [-0.2, 0) is 11.3 Å². The van der Waals surface area contributed by atoms with Gasteiger partial charge in [-0.2, -0.15) is 0 Å². The quantitative estimate of drug-likeness (QED) is 0.888. The molecule has 94 valence electrons. The van der Waals surface area contributed by atoms with Gasteiger partial charge < -0.3 is 4.74 Å². The van der Waals surface area contributed by atoms with Crippen LogP contribution in [0.1, 0.15) is 5.56 Å². The molecule has 0 unspecified atom stereocenters. The largest absolute Gasteiger partial charge is 0.379 e. The fourth-order valence-electron chi connectivity index (χ4n) is 2.26. The molecule has 1 saturated heterocycles. The lowest BCUT2D eigenvalue weighted by Gasteiger charge is -2.27. The number of rotatable bonds is 3. The number of hydrogen-bond acceptors (Lipinski definition) is 4. The van der Waals surface area contributed by atoms with Gasteiger partial charge in [-0.1, -0.05) is 18.2 Å². The minimum absolute atomic E-state index is 0.812. The Kier molecular flexibility index (Phi) is 3.50. The van der Waals surface area contributed by atoms with Crippen LogP contribution in [0.4, 0.5) is 0 Å². The maximum Gasteiger partial charge on any atom is 0.0608 e. The number of aromatic nitrogens is 1. The highest BCUT2D eigenvalue weighted by molar-refractivity contribution is 5.84. The first-order chi connectivity index (χ1) is 8.93. The van der Waals surface area contributed by atoms with Crippen LogP contribution in [0, 0.1) is 0 Å². The summed E-state index contributed by atoms with van der Waals surface area (Å²) < 4.78 is 5.33. The second-order valence-electron chi connectivity index (χ2n) is 4.45. The van der Waals surface area contributed by atoms with E-state index >= 15 is 0 Å². The Morgan fingerprint density at radius 3 is 3.00 bits per heavy atom. The summed E-state index contributed by atoms with van der Waals surface area (Å²) in [5.41, 5.74) is 4.77. The molecule has 0 radical (unpaired) electrons. The summed E-state index contributed by atoms with van der Waals surface area (Å²) in [6.07, 6.45) is 3.76. The number of benzene rings is 1. The standard InChI is InChI=1S/C14H17N3O/c1-2-12-10-15-5-4-14(12)13(3-1)11-16-17-6-8-18-9-7-17/h1-5,10,16H,6-9,11H2. The van der Waals surface area contributed by atoms with Gasteiger partial charge in [0.1, 0.15) is 0 Å². The molecular weight excluding hydrogens is 226 g/mol. The number of nitrogens with zero attached hydrogens (tertiary/aromatic N) is 2. The maximum atomic E-state index is 5.33. The molecule has 0 bridgehead atoms. The Morgan fingerprint density at radius 2 is 2.11 bits per heavy atom. The highest BCUT2D eigenvalue weighted by Gasteiger charge is 2.09. The fraction of sp³-hybridized carbons (Fsp3) is 0.357. The monoisotopic (exact) mass is 243 g/mol. The molecule has 1 fully saturated rings. The predicted molar refractivity (Wildman–Crippen MR) is 71.0 cm³/mol. The third-order valence-electron chi connectivity index (χ3n) is 3.28. The number of nitrogens with one attached hydrogen (secondary N) is 1. The molecule has 3 rings (SSSR count). The number of ether oxygens (including phenoxy) is 1. The molecule has 2 heterocycles. The first-order valence-corrected chi connectivity index (χ1v) is 6.31.